The van der Waals surface area contributed by atoms with Crippen molar-refractivity contribution in [1.29, 1.82) is 0 Å². The molecule has 0 radical (unpaired) electrons. The van der Waals surface area contributed by atoms with E-state index in [4.69, 9.17) is 9.26 Å². The van der Waals surface area contributed by atoms with Gasteiger partial charge in [0.05, 0.1) is 18.8 Å². The van der Waals surface area contributed by atoms with Gasteiger partial charge < -0.3 is 14.2 Å². The summed E-state index contributed by atoms with van der Waals surface area (Å²) in [6.07, 6.45) is 2.51. The van der Waals surface area contributed by atoms with Crippen LogP contribution in [0, 0.1) is 29.9 Å². The number of hydrogen-bond donors (Lipinski definition) is 0. The minimum Gasteiger partial charge on any atom is -0.381 e. The molecule has 0 amide bonds. The van der Waals surface area contributed by atoms with Crippen LogP contribution in [0.25, 0.3) is 11.3 Å². The zero-order chi connectivity index (χ0) is 27.8. The molecule has 0 unspecified atom stereocenters. The van der Waals surface area contributed by atoms with Gasteiger partial charge in [-0.2, -0.15) is 0 Å². The van der Waals surface area contributed by atoms with E-state index in [1.165, 1.54) is 12.1 Å². The van der Waals surface area contributed by atoms with Crippen LogP contribution >= 0.6 is 0 Å². The van der Waals surface area contributed by atoms with E-state index < -0.39 is 17.0 Å². The highest BCUT2D eigenvalue weighted by atomic mass is 19.1. The fraction of sp³-hybridized carbons (Fsp3) is 0.467. The van der Waals surface area contributed by atoms with Crippen molar-refractivity contribution in [3.05, 3.63) is 71.2 Å². The molecular formula is C30H33F2N3O4. The van der Waals surface area contributed by atoms with Crippen LogP contribution in [0.2, 0.25) is 0 Å². The number of carbonyl (C=O) groups is 2. The van der Waals surface area contributed by atoms with Gasteiger partial charge in [0.1, 0.15) is 23.1 Å². The summed E-state index contributed by atoms with van der Waals surface area (Å²) < 4.78 is 38.0. The van der Waals surface area contributed by atoms with Gasteiger partial charge >= 0.3 is 0 Å². The van der Waals surface area contributed by atoms with Crippen LogP contribution in [0.5, 0.6) is 0 Å². The average molecular weight is 538 g/mol. The summed E-state index contributed by atoms with van der Waals surface area (Å²) in [7, 11) is 0. The predicted molar refractivity (Wildman–Crippen MR) is 140 cm³/mol. The van der Waals surface area contributed by atoms with Crippen molar-refractivity contribution >= 4 is 11.6 Å². The van der Waals surface area contributed by atoms with E-state index in [0.717, 1.165) is 43.1 Å². The lowest BCUT2D eigenvalue weighted by molar-refractivity contribution is -0.128. The van der Waals surface area contributed by atoms with E-state index >= 15 is 0 Å². The van der Waals surface area contributed by atoms with Crippen LogP contribution in [0.3, 0.4) is 0 Å². The Kier molecular flexibility index (Phi) is 7.48. The molecule has 2 fully saturated rings. The molecule has 0 bridgehead atoms. The van der Waals surface area contributed by atoms with E-state index in [1.807, 2.05) is 32.9 Å². The molecule has 2 aliphatic rings. The summed E-state index contributed by atoms with van der Waals surface area (Å²) in [4.78, 5) is 33.3. The maximum Gasteiger partial charge on any atom is 0.185 e. The molecule has 2 aliphatic heterocycles. The monoisotopic (exact) mass is 537 g/mol. The molecule has 0 spiro atoms. The maximum absolute atomic E-state index is 14.2. The lowest BCUT2D eigenvalue weighted by atomic mass is 9.69. The first-order chi connectivity index (χ1) is 18.5. The van der Waals surface area contributed by atoms with Crippen molar-refractivity contribution in [1.82, 2.24) is 15.0 Å². The first kappa shape index (κ1) is 27.3. The molecule has 0 aliphatic carbocycles. The highest BCUT2D eigenvalue weighted by molar-refractivity contribution is 5.96. The summed E-state index contributed by atoms with van der Waals surface area (Å²) in [5.74, 6) is -1.14. The van der Waals surface area contributed by atoms with Crippen molar-refractivity contribution < 1.29 is 27.6 Å². The Morgan fingerprint density at radius 1 is 1.10 bits per heavy atom. The molecule has 1 aromatic carbocycles. The topological polar surface area (TPSA) is 85.5 Å². The summed E-state index contributed by atoms with van der Waals surface area (Å²) in [5.41, 5.74) is 1.17. The molecule has 39 heavy (non-hydrogen) atoms. The molecule has 0 atom stereocenters. The van der Waals surface area contributed by atoms with Crippen molar-refractivity contribution in [3.63, 3.8) is 0 Å². The Morgan fingerprint density at radius 3 is 2.54 bits per heavy atom. The Hall–Kier alpha value is -3.30. The highest BCUT2D eigenvalue weighted by Gasteiger charge is 2.47. The lowest BCUT2D eigenvalue weighted by Gasteiger charge is -2.51. The molecular weight excluding hydrogens is 504 g/mol. The summed E-state index contributed by atoms with van der Waals surface area (Å²) in [6, 6.07) is 8.45. The molecule has 7 nitrogen and oxygen atoms in total. The van der Waals surface area contributed by atoms with Gasteiger partial charge in [0.25, 0.3) is 0 Å². The second-order valence-electron chi connectivity index (χ2n) is 11.8. The first-order valence-corrected chi connectivity index (χ1v) is 13.2. The zero-order valence-corrected chi connectivity index (χ0v) is 22.5. The van der Waals surface area contributed by atoms with Crippen molar-refractivity contribution in [2.24, 2.45) is 11.3 Å². The number of likely N-dealkylation sites (tertiary alicyclic amines) is 1. The summed E-state index contributed by atoms with van der Waals surface area (Å²) >= 11 is 0. The average Bonchev–Trinajstić information content (AvgIpc) is 3.29. The molecule has 0 N–H and O–H groups in total. The minimum atomic E-state index is -0.797. The highest BCUT2D eigenvalue weighted by Crippen LogP contribution is 2.41. The number of halogens is 2. The van der Waals surface area contributed by atoms with Crippen molar-refractivity contribution in [2.75, 3.05) is 32.8 Å². The fourth-order valence-corrected chi connectivity index (χ4v) is 5.77. The Morgan fingerprint density at radius 2 is 1.87 bits per heavy atom. The molecule has 0 saturated carbocycles. The Labute approximate surface area is 226 Å². The van der Waals surface area contributed by atoms with Crippen molar-refractivity contribution in [2.45, 2.75) is 45.4 Å². The normalized spacial score (nSPS) is 17.5. The predicted octanol–water partition coefficient (Wildman–Crippen LogP) is 5.17. The number of carbonyl (C=O) groups excluding carboxylic acids is 2. The van der Waals surface area contributed by atoms with Crippen LogP contribution < -0.4 is 0 Å². The minimum absolute atomic E-state index is 0.0268. The second kappa shape index (κ2) is 10.7. The van der Waals surface area contributed by atoms with E-state index in [2.05, 4.69) is 15.0 Å². The largest absolute Gasteiger partial charge is 0.381 e. The fourth-order valence-electron chi connectivity index (χ4n) is 5.77. The molecule has 5 rings (SSSR count). The van der Waals surface area contributed by atoms with Gasteiger partial charge in [-0.15, -0.1) is 0 Å². The second-order valence-corrected chi connectivity index (χ2v) is 11.8. The van der Waals surface area contributed by atoms with E-state index in [9.17, 15) is 18.4 Å². The Balaban J connectivity index is 1.29. The number of pyridine rings is 1. The quantitative estimate of drug-likeness (QED) is 0.312. The van der Waals surface area contributed by atoms with Crippen molar-refractivity contribution in [3.8, 4) is 11.3 Å². The summed E-state index contributed by atoms with van der Waals surface area (Å²) in [6.45, 7) is 9.65. The Bertz CT molecular complexity index is 1380. The summed E-state index contributed by atoms with van der Waals surface area (Å²) in [5, 5.41) is 3.87. The van der Waals surface area contributed by atoms with Gasteiger partial charge in [-0.05, 0) is 42.2 Å². The maximum atomic E-state index is 14.2. The molecule has 9 heteroatoms. The van der Waals surface area contributed by atoms with Gasteiger partial charge in [0.2, 0.25) is 0 Å². The third-order valence-corrected chi connectivity index (χ3v) is 7.76. The third-order valence-electron chi connectivity index (χ3n) is 7.76. The molecule has 2 aromatic heterocycles. The number of benzene rings is 1. The van der Waals surface area contributed by atoms with Gasteiger partial charge in [-0.1, -0.05) is 19.0 Å². The van der Waals surface area contributed by atoms with E-state index in [1.54, 1.807) is 6.20 Å². The van der Waals surface area contributed by atoms with E-state index in [-0.39, 0.29) is 46.8 Å². The van der Waals surface area contributed by atoms with Gasteiger partial charge in [-0.3, -0.25) is 14.6 Å². The van der Waals surface area contributed by atoms with Gasteiger partial charge in [-0.25, -0.2) is 8.78 Å². The number of ketones is 2. The SMILES string of the molecule is Cc1cc(C(C)(C)CC(=O)CC2(CC(=O)c3cc(-c4ccc(F)cc4F)on3)CN(CC3COC3)C2)ccn1. The van der Waals surface area contributed by atoms with Crippen LogP contribution in [-0.4, -0.2) is 59.5 Å². The third kappa shape index (κ3) is 6.15. The number of Topliss-reactive ketones (excluding diaryl/α,β-unsaturated/α-hetero) is 2. The van der Waals surface area contributed by atoms with E-state index in [0.29, 0.717) is 25.4 Å². The molecule has 3 aromatic rings. The standard InChI is InChI=1S/C30H33F2N3O4/c1-19-8-21(6-7-33-19)29(2,3)11-23(36)12-30(17-35(18-30)14-20-15-38-16-20)13-27(37)26-10-28(39-34-26)24-5-4-22(31)9-25(24)32/h4-10,20H,11-18H2,1-3H3. The number of ether oxygens (including phenoxy) is 1. The molecule has 4 heterocycles. The van der Waals surface area contributed by atoms with Gasteiger partial charge in [0, 0.05) is 74.3 Å². The first-order valence-electron chi connectivity index (χ1n) is 13.2. The number of aromatic nitrogens is 2. The van der Waals surface area contributed by atoms with Crippen LogP contribution in [-0.2, 0) is 14.9 Å². The zero-order valence-electron chi connectivity index (χ0n) is 22.5. The number of rotatable bonds is 11. The number of hydrogen-bond acceptors (Lipinski definition) is 7. The van der Waals surface area contributed by atoms with Crippen LogP contribution in [0.1, 0.15) is 54.9 Å². The van der Waals surface area contributed by atoms with Gasteiger partial charge in [0.15, 0.2) is 11.5 Å². The lowest BCUT2D eigenvalue weighted by Crippen LogP contribution is -2.60. The molecule has 2 saturated heterocycles. The van der Waals surface area contributed by atoms with Crippen LogP contribution in [0.15, 0.2) is 47.1 Å². The number of nitrogens with zero attached hydrogens (tertiary/aromatic N) is 3. The number of aryl methyl sites for hydroxylation is 1. The smallest absolute Gasteiger partial charge is 0.185 e. The molecule has 206 valence electrons. The van der Waals surface area contributed by atoms with Crippen LogP contribution in [0.4, 0.5) is 8.78 Å².